The average molecular weight is 259 g/mol. The standard InChI is InChI=1S/C10H11BrOS/c11-9-4-5-10(12)8(7-9)3-1-2-6-13/h1,3-5,7,12-13H,2,6H2. The van der Waals surface area contributed by atoms with Gasteiger partial charge in [0, 0.05) is 10.0 Å². The second kappa shape index (κ2) is 5.35. The number of allylic oxidation sites excluding steroid dienone is 1. The van der Waals surface area contributed by atoms with Crippen molar-refractivity contribution < 1.29 is 5.11 Å². The first-order chi connectivity index (χ1) is 6.24. The first kappa shape index (κ1) is 10.7. The molecule has 0 radical (unpaired) electrons. The maximum absolute atomic E-state index is 9.44. The molecule has 0 aliphatic carbocycles. The molecule has 1 N–H and O–H groups in total. The Bertz CT molecular complexity index is 310. The fourth-order valence-corrected chi connectivity index (χ4v) is 1.47. The molecule has 0 heterocycles. The van der Waals surface area contributed by atoms with Gasteiger partial charge in [-0.15, -0.1) is 0 Å². The molecular formula is C10H11BrOS. The van der Waals surface area contributed by atoms with E-state index in [-0.39, 0.29) is 0 Å². The lowest BCUT2D eigenvalue weighted by molar-refractivity contribution is 0.474. The predicted molar refractivity (Wildman–Crippen MR) is 63.3 cm³/mol. The van der Waals surface area contributed by atoms with Gasteiger partial charge in [0.1, 0.15) is 5.75 Å². The molecule has 0 bridgehead atoms. The van der Waals surface area contributed by atoms with E-state index >= 15 is 0 Å². The monoisotopic (exact) mass is 258 g/mol. The van der Waals surface area contributed by atoms with Gasteiger partial charge in [0.15, 0.2) is 0 Å². The highest BCUT2D eigenvalue weighted by molar-refractivity contribution is 9.10. The predicted octanol–water partition coefficient (Wildman–Crippen LogP) is 3.49. The Morgan fingerprint density at radius 1 is 1.46 bits per heavy atom. The SMILES string of the molecule is Oc1ccc(Br)cc1C=CCCS. The summed E-state index contributed by atoms with van der Waals surface area (Å²) in [5.74, 6) is 1.13. The minimum Gasteiger partial charge on any atom is -0.507 e. The van der Waals surface area contributed by atoms with Crippen LogP contribution in [0.5, 0.6) is 5.75 Å². The highest BCUT2D eigenvalue weighted by atomic mass is 79.9. The summed E-state index contributed by atoms with van der Waals surface area (Å²) < 4.78 is 0.968. The third kappa shape index (κ3) is 3.44. The van der Waals surface area contributed by atoms with E-state index in [1.54, 1.807) is 6.07 Å². The number of hydrogen-bond donors (Lipinski definition) is 2. The fraction of sp³-hybridized carbons (Fsp3) is 0.200. The van der Waals surface area contributed by atoms with Gasteiger partial charge < -0.3 is 5.11 Å². The summed E-state index contributed by atoms with van der Waals surface area (Å²) in [5.41, 5.74) is 0.830. The lowest BCUT2D eigenvalue weighted by Crippen LogP contribution is -1.75. The summed E-state index contributed by atoms with van der Waals surface area (Å²) in [5, 5.41) is 9.44. The van der Waals surface area contributed by atoms with Crippen LogP contribution < -0.4 is 0 Å². The number of halogens is 1. The highest BCUT2D eigenvalue weighted by Crippen LogP contribution is 2.22. The van der Waals surface area contributed by atoms with Crippen LogP contribution in [0.1, 0.15) is 12.0 Å². The van der Waals surface area contributed by atoms with E-state index in [1.165, 1.54) is 0 Å². The van der Waals surface area contributed by atoms with Crippen molar-refractivity contribution in [2.24, 2.45) is 0 Å². The number of phenols is 1. The van der Waals surface area contributed by atoms with Crippen molar-refractivity contribution in [1.82, 2.24) is 0 Å². The maximum atomic E-state index is 9.44. The molecule has 0 aromatic heterocycles. The second-order valence-electron chi connectivity index (χ2n) is 2.62. The minimum atomic E-state index is 0.304. The summed E-state index contributed by atoms with van der Waals surface area (Å²) in [4.78, 5) is 0. The van der Waals surface area contributed by atoms with Crippen molar-refractivity contribution in [3.05, 3.63) is 34.3 Å². The van der Waals surface area contributed by atoms with Crippen molar-refractivity contribution in [1.29, 1.82) is 0 Å². The van der Waals surface area contributed by atoms with Crippen LogP contribution in [-0.2, 0) is 0 Å². The fourth-order valence-electron chi connectivity index (χ4n) is 0.944. The molecule has 1 rings (SSSR count). The summed E-state index contributed by atoms with van der Waals surface area (Å²) in [6.45, 7) is 0. The topological polar surface area (TPSA) is 20.2 Å². The number of thiol groups is 1. The molecule has 0 aliphatic heterocycles. The normalized spacial score (nSPS) is 10.9. The van der Waals surface area contributed by atoms with Gasteiger partial charge in [-0.3, -0.25) is 0 Å². The summed E-state index contributed by atoms with van der Waals surface area (Å²) in [6, 6.07) is 5.36. The van der Waals surface area contributed by atoms with Gasteiger partial charge in [0.05, 0.1) is 0 Å². The van der Waals surface area contributed by atoms with E-state index in [2.05, 4.69) is 28.6 Å². The first-order valence-electron chi connectivity index (χ1n) is 4.00. The Labute approximate surface area is 92.0 Å². The number of rotatable bonds is 3. The molecule has 0 spiro atoms. The Morgan fingerprint density at radius 2 is 2.23 bits per heavy atom. The molecule has 0 saturated carbocycles. The molecule has 1 aromatic rings. The largest absolute Gasteiger partial charge is 0.507 e. The molecule has 0 atom stereocenters. The number of phenolic OH excluding ortho intramolecular Hbond substituents is 1. The van der Waals surface area contributed by atoms with Gasteiger partial charge in [-0.2, -0.15) is 12.6 Å². The summed E-state index contributed by atoms with van der Waals surface area (Å²) >= 11 is 7.44. The number of hydrogen-bond acceptors (Lipinski definition) is 2. The molecule has 0 saturated heterocycles. The first-order valence-corrected chi connectivity index (χ1v) is 5.42. The third-order valence-electron chi connectivity index (χ3n) is 1.58. The van der Waals surface area contributed by atoms with Gasteiger partial charge in [-0.1, -0.05) is 28.1 Å². The zero-order valence-electron chi connectivity index (χ0n) is 7.07. The van der Waals surface area contributed by atoms with Crippen LogP contribution in [0.4, 0.5) is 0 Å². The molecule has 0 fully saturated rings. The van der Waals surface area contributed by atoms with E-state index < -0.39 is 0 Å². The lowest BCUT2D eigenvalue weighted by Gasteiger charge is -1.98. The molecule has 13 heavy (non-hydrogen) atoms. The van der Waals surface area contributed by atoms with Gasteiger partial charge in [0.2, 0.25) is 0 Å². The molecule has 0 amide bonds. The number of benzene rings is 1. The van der Waals surface area contributed by atoms with E-state index in [1.807, 2.05) is 24.3 Å². The maximum Gasteiger partial charge on any atom is 0.122 e. The van der Waals surface area contributed by atoms with Gasteiger partial charge in [0.25, 0.3) is 0 Å². The quantitative estimate of drug-likeness (QED) is 0.796. The molecule has 0 unspecified atom stereocenters. The van der Waals surface area contributed by atoms with Crippen LogP contribution in [0.2, 0.25) is 0 Å². The van der Waals surface area contributed by atoms with Crippen LogP contribution in [0.3, 0.4) is 0 Å². The second-order valence-corrected chi connectivity index (χ2v) is 3.98. The highest BCUT2D eigenvalue weighted by Gasteiger charge is 1.96. The zero-order valence-corrected chi connectivity index (χ0v) is 9.55. The average Bonchev–Trinajstić information content (AvgIpc) is 2.11. The Morgan fingerprint density at radius 3 is 2.92 bits per heavy atom. The lowest BCUT2D eigenvalue weighted by atomic mass is 10.2. The number of aromatic hydroxyl groups is 1. The smallest absolute Gasteiger partial charge is 0.122 e. The Hall–Kier alpha value is -0.410. The Kier molecular flexibility index (Phi) is 4.39. The molecule has 1 nitrogen and oxygen atoms in total. The molecule has 1 aromatic carbocycles. The minimum absolute atomic E-state index is 0.304. The molecular weight excluding hydrogens is 248 g/mol. The van der Waals surface area contributed by atoms with Crippen LogP contribution in [0, 0.1) is 0 Å². The summed E-state index contributed by atoms with van der Waals surface area (Å²) in [6.07, 6.45) is 4.81. The Balaban J connectivity index is 2.81. The third-order valence-corrected chi connectivity index (χ3v) is 2.33. The van der Waals surface area contributed by atoms with Gasteiger partial charge in [-0.25, -0.2) is 0 Å². The zero-order chi connectivity index (χ0) is 9.68. The van der Waals surface area contributed by atoms with Crippen molar-refractivity contribution in [2.75, 3.05) is 5.75 Å². The summed E-state index contributed by atoms with van der Waals surface area (Å²) in [7, 11) is 0. The van der Waals surface area contributed by atoms with E-state index in [9.17, 15) is 5.11 Å². The van der Waals surface area contributed by atoms with Crippen LogP contribution in [0.15, 0.2) is 28.7 Å². The van der Waals surface area contributed by atoms with E-state index in [4.69, 9.17) is 0 Å². The van der Waals surface area contributed by atoms with E-state index in [0.717, 1.165) is 22.2 Å². The van der Waals surface area contributed by atoms with Crippen molar-refractivity contribution in [2.45, 2.75) is 6.42 Å². The van der Waals surface area contributed by atoms with Gasteiger partial charge in [-0.05, 0) is 30.4 Å². The van der Waals surface area contributed by atoms with E-state index in [0.29, 0.717) is 5.75 Å². The van der Waals surface area contributed by atoms with Crippen LogP contribution >= 0.6 is 28.6 Å². The van der Waals surface area contributed by atoms with Gasteiger partial charge >= 0.3 is 0 Å². The molecule has 0 aliphatic rings. The van der Waals surface area contributed by atoms with Crippen molar-refractivity contribution >= 4 is 34.6 Å². The van der Waals surface area contributed by atoms with Crippen molar-refractivity contribution in [3.8, 4) is 5.75 Å². The van der Waals surface area contributed by atoms with Crippen molar-refractivity contribution in [3.63, 3.8) is 0 Å². The molecule has 70 valence electrons. The van der Waals surface area contributed by atoms with Crippen LogP contribution in [0.25, 0.3) is 6.08 Å². The van der Waals surface area contributed by atoms with Crippen LogP contribution in [-0.4, -0.2) is 10.9 Å². The molecule has 3 heteroatoms.